The maximum atomic E-state index is 12.5. The van der Waals surface area contributed by atoms with Gasteiger partial charge in [0.1, 0.15) is 0 Å². The van der Waals surface area contributed by atoms with Crippen molar-refractivity contribution in [2.75, 3.05) is 19.4 Å². The lowest BCUT2D eigenvalue weighted by atomic mass is 9.83. The molecule has 1 aliphatic rings. The van der Waals surface area contributed by atoms with Crippen LogP contribution in [0.1, 0.15) is 47.0 Å². The van der Waals surface area contributed by atoms with Crippen molar-refractivity contribution >= 4 is 7.60 Å². The second-order valence-electron chi connectivity index (χ2n) is 5.19. The maximum Gasteiger partial charge on any atom is 0.330 e. The van der Waals surface area contributed by atoms with Crippen LogP contribution in [0, 0.1) is 11.8 Å². The van der Waals surface area contributed by atoms with Gasteiger partial charge in [0.2, 0.25) is 0 Å². The number of hydrogen-bond acceptors (Lipinski definition) is 3. The van der Waals surface area contributed by atoms with Crippen LogP contribution in [0.3, 0.4) is 0 Å². The molecule has 3 nitrogen and oxygen atoms in total. The summed E-state index contributed by atoms with van der Waals surface area (Å²) in [6.07, 6.45) is 6.33. The van der Waals surface area contributed by atoms with Gasteiger partial charge in [0.25, 0.3) is 0 Å². The first kappa shape index (κ1) is 15.9. The molecule has 0 saturated heterocycles. The van der Waals surface area contributed by atoms with Crippen molar-refractivity contribution in [2.24, 2.45) is 11.8 Å². The van der Waals surface area contributed by atoms with E-state index in [0.29, 0.717) is 31.2 Å². The normalized spacial score (nSPS) is 22.7. The molecule has 0 aliphatic heterocycles. The van der Waals surface area contributed by atoms with Crippen LogP contribution in [0.15, 0.2) is 11.6 Å². The molecule has 0 N–H and O–H groups in total. The fourth-order valence-electron chi connectivity index (χ4n) is 2.54. The summed E-state index contributed by atoms with van der Waals surface area (Å²) in [7, 11) is -2.88. The van der Waals surface area contributed by atoms with Gasteiger partial charge < -0.3 is 9.05 Å². The summed E-state index contributed by atoms with van der Waals surface area (Å²) < 4.78 is 23.2. The SMILES string of the molecule is CCOP(=O)(C[C@@H](C)[C@H]1CC=C(C)CC1)OCC. The Bertz CT molecular complexity index is 315. The molecule has 106 valence electrons. The van der Waals surface area contributed by atoms with Gasteiger partial charge in [-0.3, -0.25) is 4.57 Å². The van der Waals surface area contributed by atoms with E-state index in [0.717, 1.165) is 6.42 Å². The van der Waals surface area contributed by atoms with Crippen LogP contribution in [0.5, 0.6) is 0 Å². The van der Waals surface area contributed by atoms with E-state index in [1.165, 1.54) is 18.4 Å². The summed E-state index contributed by atoms with van der Waals surface area (Å²) in [5.74, 6) is 1.00. The predicted molar refractivity (Wildman–Crippen MR) is 76.0 cm³/mol. The first-order valence-electron chi connectivity index (χ1n) is 7.04. The van der Waals surface area contributed by atoms with Gasteiger partial charge in [-0.2, -0.15) is 0 Å². The quantitative estimate of drug-likeness (QED) is 0.501. The van der Waals surface area contributed by atoms with E-state index < -0.39 is 7.60 Å². The molecule has 0 heterocycles. The van der Waals surface area contributed by atoms with Crippen LogP contribution in [-0.4, -0.2) is 19.4 Å². The summed E-state index contributed by atoms with van der Waals surface area (Å²) in [6, 6.07) is 0. The molecule has 0 bridgehead atoms. The molecule has 0 fully saturated rings. The maximum absolute atomic E-state index is 12.5. The molecular weight excluding hydrogens is 247 g/mol. The standard InChI is InChI=1S/C14H27O3P/c1-5-16-18(15,17-6-2)11-13(4)14-9-7-12(3)8-10-14/h7,13-14H,5-6,8-11H2,1-4H3/t13-,14+/m1/s1. The molecule has 1 rings (SSSR count). The highest BCUT2D eigenvalue weighted by molar-refractivity contribution is 7.53. The zero-order valence-corrected chi connectivity index (χ0v) is 13.0. The molecule has 1 aliphatic carbocycles. The monoisotopic (exact) mass is 274 g/mol. The summed E-state index contributed by atoms with van der Waals surface area (Å²) in [6.45, 7) is 8.99. The van der Waals surface area contributed by atoms with Crippen molar-refractivity contribution in [3.63, 3.8) is 0 Å². The minimum atomic E-state index is -2.88. The van der Waals surface area contributed by atoms with Crippen molar-refractivity contribution in [1.82, 2.24) is 0 Å². The largest absolute Gasteiger partial charge is 0.330 e. The Labute approximate surface area is 111 Å². The highest BCUT2D eigenvalue weighted by Crippen LogP contribution is 2.51. The Kier molecular flexibility index (Phi) is 6.62. The van der Waals surface area contributed by atoms with Crippen molar-refractivity contribution in [3.8, 4) is 0 Å². The number of rotatable bonds is 7. The van der Waals surface area contributed by atoms with Gasteiger partial charge in [-0.05, 0) is 51.9 Å². The van der Waals surface area contributed by atoms with Crippen LogP contribution >= 0.6 is 7.60 Å². The summed E-state index contributed by atoms with van der Waals surface area (Å²) in [5, 5.41) is 0. The van der Waals surface area contributed by atoms with Crippen LogP contribution in [0.25, 0.3) is 0 Å². The Morgan fingerprint density at radius 1 is 1.39 bits per heavy atom. The molecular formula is C14H27O3P. The first-order chi connectivity index (χ1) is 8.50. The van der Waals surface area contributed by atoms with Crippen molar-refractivity contribution < 1.29 is 13.6 Å². The van der Waals surface area contributed by atoms with Gasteiger partial charge in [-0.15, -0.1) is 0 Å². The second-order valence-corrected chi connectivity index (χ2v) is 7.29. The Morgan fingerprint density at radius 3 is 2.44 bits per heavy atom. The van der Waals surface area contributed by atoms with E-state index >= 15 is 0 Å². The Balaban J connectivity index is 2.56. The van der Waals surface area contributed by atoms with Gasteiger partial charge in [-0.25, -0.2) is 0 Å². The van der Waals surface area contributed by atoms with E-state index in [2.05, 4.69) is 19.9 Å². The predicted octanol–water partition coefficient (Wildman–Crippen LogP) is 4.64. The molecule has 2 atom stereocenters. The minimum Gasteiger partial charge on any atom is -0.309 e. The third-order valence-electron chi connectivity index (χ3n) is 3.65. The third kappa shape index (κ3) is 4.87. The van der Waals surface area contributed by atoms with E-state index in [4.69, 9.17) is 9.05 Å². The molecule has 0 aromatic carbocycles. The highest BCUT2D eigenvalue weighted by Gasteiger charge is 2.30. The van der Waals surface area contributed by atoms with Crippen molar-refractivity contribution in [2.45, 2.75) is 47.0 Å². The van der Waals surface area contributed by atoms with Crippen LogP contribution in [-0.2, 0) is 13.6 Å². The van der Waals surface area contributed by atoms with Crippen LogP contribution < -0.4 is 0 Å². The van der Waals surface area contributed by atoms with Gasteiger partial charge in [0.05, 0.1) is 19.4 Å². The van der Waals surface area contributed by atoms with Crippen LogP contribution in [0.4, 0.5) is 0 Å². The topological polar surface area (TPSA) is 35.5 Å². The third-order valence-corrected chi connectivity index (χ3v) is 5.97. The lowest BCUT2D eigenvalue weighted by molar-refractivity contribution is 0.210. The Morgan fingerprint density at radius 2 is 2.00 bits per heavy atom. The van der Waals surface area contributed by atoms with Gasteiger partial charge in [-0.1, -0.05) is 18.6 Å². The lowest BCUT2D eigenvalue weighted by Crippen LogP contribution is -2.19. The minimum absolute atomic E-state index is 0.387. The van der Waals surface area contributed by atoms with Gasteiger partial charge in [0, 0.05) is 0 Å². The zero-order valence-electron chi connectivity index (χ0n) is 12.1. The molecule has 0 unspecified atom stereocenters. The molecule has 0 aromatic rings. The fourth-order valence-corrected chi connectivity index (χ4v) is 4.62. The molecule has 0 saturated carbocycles. The van der Waals surface area contributed by atoms with E-state index in [-0.39, 0.29) is 0 Å². The second kappa shape index (κ2) is 7.47. The number of allylic oxidation sites excluding steroid dienone is 2. The highest BCUT2D eigenvalue weighted by atomic mass is 31.2. The van der Waals surface area contributed by atoms with Crippen molar-refractivity contribution in [1.29, 1.82) is 0 Å². The van der Waals surface area contributed by atoms with Gasteiger partial charge in [0.15, 0.2) is 0 Å². The Hall–Kier alpha value is -0.110. The molecule has 0 radical (unpaired) electrons. The smallest absolute Gasteiger partial charge is 0.309 e. The van der Waals surface area contributed by atoms with Gasteiger partial charge >= 0.3 is 7.60 Å². The zero-order chi connectivity index (χ0) is 13.6. The average Bonchev–Trinajstić information content (AvgIpc) is 2.30. The van der Waals surface area contributed by atoms with E-state index in [1.807, 2.05) is 13.8 Å². The molecule has 0 amide bonds. The molecule has 0 spiro atoms. The molecule has 4 heteroatoms. The summed E-state index contributed by atoms with van der Waals surface area (Å²) in [4.78, 5) is 0. The fraction of sp³-hybridized carbons (Fsp3) is 0.857. The first-order valence-corrected chi connectivity index (χ1v) is 8.77. The average molecular weight is 274 g/mol. The summed E-state index contributed by atoms with van der Waals surface area (Å²) in [5.41, 5.74) is 1.48. The van der Waals surface area contributed by atoms with E-state index in [1.54, 1.807) is 0 Å². The van der Waals surface area contributed by atoms with Crippen LogP contribution in [0.2, 0.25) is 0 Å². The van der Waals surface area contributed by atoms with Crippen molar-refractivity contribution in [3.05, 3.63) is 11.6 Å². The number of hydrogen-bond donors (Lipinski definition) is 0. The molecule has 0 aromatic heterocycles. The summed E-state index contributed by atoms with van der Waals surface area (Å²) >= 11 is 0. The molecule has 18 heavy (non-hydrogen) atoms. The lowest BCUT2D eigenvalue weighted by Gasteiger charge is -2.29. The van der Waals surface area contributed by atoms with E-state index in [9.17, 15) is 4.57 Å².